The number of morpholine rings is 1. The van der Waals surface area contributed by atoms with Gasteiger partial charge in [0.2, 0.25) is 0 Å². The summed E-state index contributed by atoms with van der Waals surface area (Å²) in [7, 11) is 0. The number of urea groups is 1. The summed E-state index contributed by atoms with van der Waals surface area (Å²) < 4.78 is 62.8. The Morgan fingerprint density at radius 2 is 1.61 bits per heavy atom. The average Bonchev–Trinajstić information content (AvgIpc) is 2.93. The summed E-state index contributed by atoms with van der Waals surface area (Å²) in [6.07, 6.45) is 1.69. The highest BCUT2D eigenvalue weighted by molar-refractivity contribution is 6.12. The molecule has 2 amide bonds. The Labute approximate surface area is 214 Å². The number of aromatic nitrogens is 1. The molecule has 5 rings (SSSR count). The molecule has 194 valence electrons. The number of pyridine rings is 1. The van der Waals surface area contributed by atoms with Crippen molar-refractivity contribution in [1.82, 2.24) is 4.98 Å². The molecule has 11 heteroatoms. The van der Waals surface area contributed by atoms with E-state index in [1.165, 1.54) is 30.3 Å². The Hall–Kier alpha value is -4.51. The molecule has 0 bridgehead atoms. The van der Waals surface area contributed by atoms with Crippen LogP contribution in [-0.4, -0.2) is 43.1 Å². The number of benzene rings is 3. The van der Waals surface area contributed by atoms with Gasteiger partial charge in [0, 0.05) is 35.8 Å². The van der Waals surface area contributed by atoms with E-state index in [1.54, 1.807) is 12.3 Å². The molecule has 0 spiro atoms. The molecular weight excluding hydrogens is 504 g/mol. The molecule has 0 aliphatic carbocycles. The highest BCUT2D eigenvalue weighted by atomic mass is 19.2. The summed E-state index contributed by atoms with van der Waals surface area (Å²) in [5.41, 5.74) is -0.471. The second-order valence-electron chi connectivity index (χ2n) is 8.52. The number of hydrogen-bond acceptors (Lipinski definition) is 5. The lowest BCUT2D eigenvalue weighted by Crippen LogP contribution is -2.36. The molecule has 1 saturated heterocycles. The van der Waals surface area contributed by atoms with Crippen molar-refractivity contribution >= 4 is 39.8 Å². The van der Waals surface area contributed by atoms with Crippen LogP contribution in [0, 0.1) is 23.3 Å². The summed E-state index contributed by atoms with van der Waals surface area (Å²) in [6, 6.07) is 10.2. The SMILES string of the molecule is O=C(Nc1ccc(F)cc1)Nc1cc(F)c(F)c(C(=O)c2ccc3ncc(N4CCOCC4)cc3c2)c1F. The summed E-state index contributed by atoms with van der Waals surface area (Å²) in [4.78, 5) is 31.9. The van der Waals surface area contributed by atoms with Gasteiger partial charge in [-0.05, 0) is 48.5 Å². The Morgan fingerprint density at radius 1 is 0.868 bits per heavy atom. The fourth-order valence-electron chi connectivity index (χ4n) is 4.11. The smallest absolute Gasteiger partial charge is 0.323 e. The molecule has 1 fully saturated rings. The summed E-state index contributed by atoms with van der Waals surface area (Å²) in [6.45, 7) is 2.45. The lowest BCUT2D eigenvalue weighted by atomic mass is 9.99. The Morgan fingerprint density at radius 3 is 2.34 bits per heavy atom. The Balaban J connectivity index is 1.44. The van der Waals surface area contributed by atoms with Crippen LogP contribution in [0.2, 0.25) is 0 Å². The zero-order chi connectivity index (χ0) is 26.8. The zero-order valence-electron chi connectivity index (χ0n) is 19.7. The summed E-state index contributed by atoms with van der Waals surface area (Å²) in [5, 5.41) is 4.92. The first-order valence-electron chi connectivity index (χ1n) is 11.6. The van der Waals surface area contributed by atoms with Crippen LogP contribution in [0.4, 0.5) is 39.4 Å². The van der Waals surface area contributed by atoms with Gasteiger partial charge in [-0.15, -0.1) is 0 Å². The van der Waals surface area contributed by atoms with E-state index < -0.39 is 46.3 Å². The van der Waals surface area contributed by atoms with Crippen molar-refractivity contribution in [2.75, 3.05) is 41.8 Å². The first-order chi connectivity index (χ1) is 18.3. The van der Waals surface area contributed by atoms with Crippen LogP contribution >= 0.6 is 0 Å². The number of halogens is 4. The van der Waals surface area contributed by atoms with Gasteiger partial charge in [0.15, 0.2) is 23.2 Å². The number of anilines is 3. The lowest BCUT2D eigenvalue weighted by molar-refractivity contribution is 0.103. The minimum absolute atomic E-state index is 0.0939. The van der Waals surface area contributed by atoms with Crippen LogP contribution in [0.15, 0.2) is 60.8 Å². The molecule has 7 nitrogen and oxygen atoms in total. The van der Waals surface area contributed by atoms with Crippen LogP contribution in [0.1, 0.15) is 15.9 Å². The fraction of sp³-hybridized carbons (Fsp3) is 0.148. The lowest BCUT2D eigenvalue weighted by Gasteiger charge is -2.28. The van der Waals surface area contributed by atoms with E-state index in [-0.39, 0.29) is 11.3 Å². The minimum Gasteiger partial charge on any atom is -0.378 e. The number of ether oxygens (including phenoxy) is 1. The highest BCUT2D eigenvalue weighted by Gasteiger charge is 2.26. The molecular formula is C27H20F4N4O3. The summed E-state index contributed by atoms with van der Waals surface area (Å²) >= 11 is 0. The maximum Gasteiger partial charge on any atom is 0.323 e. The molecule has 38 heavy (non-hydrogen) atoms. The van der Waals surface area contributed by atoms with E-state index in [2.05, 4.69) is 20.5 Å². The minimum atomic E-state index is -1.68. The molecule has 2 N–H and O–H groups in total. The second-order valence-corrected chi connectivity index (χ2v) is 8.52. The standard InChI is InChI=1S/C27H20F4N4O3/c28-17-2-4-18(5-3-17)33-27(37)34-22-13-20(29)24(30)23(25(22)31)26(36)15-1-6-21-16(11-15)12-19(14-32-21)35-7-9-38-10-8-35/h1-6,11-14H,7-10H2,(H2,33,34,37). The Bertz CT molecular complexity index is 1540. The number of fused-ring (bicyclic) bond motifs is 1. The average molecular weight is 524 g/mol. The predicted molar refractivity (Wildman–Crippen MR) is 134 cm³/mol. The van der Waals surface area contributed by atoms with Gasteiger partial charge in [0.25, 0.3) is 0 Å². The van der Waals surface area contributed by atoms with Gasteiger partial charge >= 0.3 is 6.03 Å². The number of amides is 2. The molecule has 0 unspecified atom stereocenters. The third-order valence-electron chi connectivity index (χ3n) is 6.04. The first-order valence-corrected chi connectivity index (χ1v) is 11.6. The maximum absolute atomic E-state index is 15.3. The molecule has 1 aromatic heterocycles. The molecule has 4 aromatic rings. The number of rotatable bonds is 5. The topological polar surface area (TPSA) is 83.6 Å². The monoisotopic (exact) mass is 524 g/mol. The van der Waals surface area contributed by atoms with E-state index in [1.807, 2.05) is 0 Å². The Kier molecular flexibility index (Phi) is 6.93. The number of hydrogen-bond donors (Lipinski definition) is 2. The van der Waals surface area contributed by atoms with Gasteiger partial charge in [-0.1, -0.05) is 0 Å². The predicted octanol–water partition coefficient (Wildman–Crippen LogP) is 5.50. The largest absolute Gasteiger partial charge is 0.378 e. The number of nitrogens with one attached hydrogen (secondary N) is 2. The van der Waals surface area contributed by atoms with Gasteiger partial charge in [0.05, 0.1) is 41.9 Å². The van der Waals surface area contributed by atoms with Gasteiger partial charge in [-0.2, -0.15) is 0 Å². The second kappa shape index (κ2) is 10.5. The third-order valence-corrected chi connectivity index (χ3v) is 6.04. The van der Waals surface area contributed by atoms with Crippen molar-refractivity contribution in [2.45, 2.75) is 0 Å². The van der Waals surface area contributed by atoms with Crippen molar-refractivity contribution in [1.29, 1.82) is 0 Å². The highest BCUT2D eigenvalue weighted by Crippen LogP contribution is 2.28. The maximum atomic E-state index is 15.3. The molecule has 3 aromatic carbocycles. The van der Waals surface area contributed by atoms with E-state index in [9.17, 15) is 22.8 Å². The normalized spacial score (nSPS) is 13.4. The molecule has 0 radical (unpaired) electrons. The van der Waals surface area contributed by atoms with E-state index >= 15 is 4.39 Å². The van der Waals surface area contributed by atoms with E-state index in [0.29, 0.717) is 43.3 Å². The van der Waals surface area contributed by atoms with E-state index in [4.69, 9.17) is 4.74 Å². The van der Waals surface area contributed by atoms with Crippen molar-refractivity contribution in [2.24, 2.45) is 0 Å². The number of carbonyl (C=O) groups excluding carboxylic acids is 2. The van der Waals surface area contributed by atoms with Gasteiger partial charge in [0.1, 0.15) is 5.82 Å². The fourth-order valence-corrected chi connectivity index (χ4v) is 4.11. The van der Waals surface area contributed by atoms with Crippen molar-refractivity contribution < 1.29 is 31.9 Å². The third kappa shape index (κ3) is 5.14. The van der Waals surface area contributed by atoms with Crippen LogP contribution in [-0.2, 0) is 4.74 Å². The quantitative estimate of drug-likeness (QED) is 0.205. The van der Waals surface area contributed by atoms with Crippen LogP contribution in [0.5, 0.6) is 0 Å². The molecule has 1 aliphatic rings. The van der Waals surface area contributed by atoms with Gasteiger partial charge < -0.3 is 20.3 Å². The zero-order valence-corrected chi connectivity index (χ0v) is 19.7. The number of carbonyl (C=O) groups is 2. The van der Waals surface area contributed by atoms with Gasteiger partial charge in [-0.3, -0.25) is 9.78 Å². The van der Waals surface area contributed by atoms with Crippen LogP contribution in [0.3, 0.4) is 0 Å². The molecule has 2 heterocycles. The van der Waals surface area contributed by atoms with Crippen LogP contribution < -0.4 is 15.5 Å². The molecule has 0 atom stereocenters. The number of ketones is 1. The number of nitrogens with zero attached hydrogens (tertiary/aromatic N) is 2. The van der Waals surface area contributed by atoms with Crippen LogP contribution in [0.25, 0.3) is 10.9 Å². The molecule has 0 saturated carbocycles. The summed E-state index contributed by atoms with van der Waals surface area (Å²) in [5.74, 6) is -6.29. The first kappa shape index (κ1) is 25.2. The van der Waals surface area contributed by atoms with E-state index in [0.717, 1.165) is 17.8 Å². The van der Waals surface area contributed by atoms with Gasteiger partial charge in [-0.25, -0.2) is 22.4 Å². The van der Waals surface area contributed by atoms with Crippen molar-refractivity contribution in [3.05, 3.63) is 95.2 Å². The van der Waals surface area contributed by atoms with Crippen molar-refractivity contribution in [3.63, 3.8) is 0 Å². The van der Waals surface area contributed by atoms with Crippen molar-refractivity contribution in [3.8, 4) is 0 Å². The molecule has 1 aliphatic heterocycles.